The highest BCUT2D eigenvalue weighted by atomic mass is 19.4. The third kappa shape index (κ3) is 4.30. The molecule has 1 heterocycles. The zero-order valence-electron chi connectivity index (χ0n) is 14.9. The van der Waals surface area contributed by atoms with E-state index in [0.29, 0.717) is 5.52 Å². The van der Waals surface area contributed by atoms with E-state index in [4.69, 9.17) is 5.11 Å². The second-order valence-corrected chi connectivity index (χ2v) is 6.32. The van der Waals surface area contributed by atoms with Gasteiger partial charge in [-0.3, -0.25) is 0 Å². The van der Waals surface area contributed by atoms with Crippen LogP contribution in [0.25, 0.3) is 10.9 Å². The molecule has 0 saturated heterocycles. The summed E-state index contributed by atoms with van der Waals surface area (Å²) in [5.41, 5.74) is 1.19. The number of nitrogens with zero attached hydrogens (tertiary/aromatic N) is 2. The molecule has 3 aromatic rings. The molecule has 0 spiro atoms. The molecule has 0 unspecified atom stereocenters. The summed E-state index contributed by atoms with van der Waals surface area (Å²) < 4.78 is 42.0. The van der Waals surface area contributed by atoms with Crippen LogP contribution in [-0.2, 0) is 0 Å². The number of aromatic carboxylic acids is 1. The van der Waals surface area contributed by atoms with Crippen molar-refractivity contribution in [3.8, 4) is 5.75 Å². The minimum Gasteiger partial charge on any atom is -0.478 e. The number of carboxylic acids is 1. The monoisotopic (exact) mass is 391 g/mol. The quantitative estimate of drug-likeness (QED) is 0.630. The molecule has 0 bridgehead atoms. The van der Waals surface area contributed by atoms with Crippen molar-refractivity contribution in [3.63, 3.8) is 0 Å². The Balaban J connectivity index is 2.05. The number of hydrogen-bond acceptors (Lipinski definition) is 5. The number of ether oxygens (including phenoxy) is 1. The second-order valence-electron chi connectivity index (χ2n) is 6.32. The van der Waals surface area contributed by atoms with E-state index < -0.39 is 18.1 Å². The van der Waals surface area contributed by atoms with Crippen LogP contribution in [0.3, 0.4) is 0 Å². The van der Waals surface area contributed by atoms with Crippen molar-refractivity contribution in [3.05, 3.63) is 53.7 Å². The molecule has 0 fully saturated rings. The Kier molecular flexibility index (Phi) is 5.08. The maximum Gasteiger partial charge on any atom is 0.573 e. The molecule has 1 aromatic heterocycles. The number of nitrogens with one attached hydrogen (secondary N) is 1. The first-order valence-corrected chi connectivity index (χ1v) is 8.30. The summed E-state index contributed by atoms with van der Waals surface area (Å²) in [6.45, 7) is 3.99. The third-order valence-corrected chi connectivity index (χ3v) is 3.96. The van der Waals surface area contributed by atoms with Crippen LogP contribution < -0.4 is 10.1 Å². The zero-order chi connectivity index (χ0) is 20.5. The molecule has 2 N–H and O–H groups in total. The second kappa shape index (κ2) is 7.34. The van der Waals surface area contributed by atoms with Crippen LogP contribution in [0.1, 0.15) is 35.7 Å². The van der Waals surface area contributed by atoms with Gasteiger partial charge in [0.25, 0.3) is 0 Å². The number of anilines is 2. The fraction of sp³-hybridized carbons (Fsp3) is 0.211. The standard InChI is InChI=1S/C19H16F3N3O3/c1-10(2)13-5-3-4-12-9-23-18(25-16(12)13)24-14-8-11(17(26)27)6-7-15(14)28-19(20,21)22/h3-10H,1-2H3,(H,26,27)(H,23,24,25). The van der Waals surface area contributed by atoms with E-state index in [1.807, 2.05) is 32.0 Å². The molecule has 28 heavy (non-hydrogen) atoms. The van der Waals surface area contributed by atoms with Gasteiger partial charge in [-0.1, -0.05) is 32.0 Å². The number of benzene rings is 2. The van der Waals surface area contributed by atoms with Gasteiger partial charge in [-0.05, 0) is 29.7 Å². The lowest BCUT2D eigenvalue weighted by atomic mass is 10.0. The first kappa shape index (κ1) is 19.4. The van der Waals surface area contributed by atoms with Gasteiger partial charge in [-0.25, -0.2) is 14.8 Å². The van der Waals surface area contributed by atoms with Crippen molar-refractivity contribution in [1.29, 1.82) is 0 Å². The van der Waals surface area contributed by atoms with E-state index in [1.54, 1.807) is 6.20 Å². The SMILES string of the molecule is CC(C)c1cccc2cnc(Nc3cc(C(=O)O)ccc3OC(F)(F)F)nc12. The topological polar surface area (TPSA) is 84.3 Å². The molecule has 0 saturated carbocycles. The third-order valence-electron chi connectivity index (χ3n) is 3.96. The lowest BCUT2D eigenvalue weighted by Crippen LogP contribution is -2.18. The Labute approximate surface area is 158 Å². The number of carboxylic acid groups (broad SMARTS) is 1. The first-order valence-electron chi connectivity index (χ1n) is 8.30. The molecule has 0 amide bonds. The highest BCUT2D eigenvalue weighted by molar-refractivity contribution is 5.90. The van der Waals surface area contributed by atoms with Crippen LogP contribution in [0, 0.1) is 0 Å². The van der Waals surface area contributed by atoms with E-state index in [1.165, 1.54) is 0 Å². The zero-order valence-corrected chi connectivity index (χ0v) is 14.9. The Hall–Kier alpha value is -3.36. The number of carbonyl (C=O) groups is 1. The number of alkyl halides is 3. The predicted octanol–water partition coefficient (Wildman–Crippen LogP) is 5.09. The molecule has 9 heteroatoms. The van der Waals surface area contributed by atoms with Gasteiger partial charge < -0.3 is 15.2 Å². The lowest BCUT2D eigenvalue weighted by molar-refractivity contribution is -0.274. The molecule has 3 rings (SSSR count). The Morgan fingerprint density at radius 3 is 2.61 bits per heavy atom. The molecule has 146 valence electrons. The Morgan fingerprint density at radius 2 is 1.96 bits per heavy atom. The molecule has 2 aromatic carbocycles. The van der Waals surface area contributed by atoms with Crippen molar-refractivity contribution in [2.45, 2.75) is 26.1 Å². The van der Waals surface area contributed by atoms with Crippen LogP contribution in [0.15, 0.2) is 42.6 Å². The molecule has 0 aliphatic rings. The number of rotatable bonds is 5. The smallest absolute Gasteiger partial charge is 0.478 e. The number of aromatic nitrogens is 2. The maximum absolute atomic E-state index is 12.7. The van der Waals surface area contributed by atoms with Crippen molar-refractivity contribution in [2.75, 3.05) is 5.32 Å². The van der Waals surface area contributed by atoms with Gasteiger partial charge in [0.1, 0.15) is 0 Å². The summed E-state index contributed by atoms with van der Waals surface area (Å²) in [6.07, 6.45) is -3.39. The molecule has 0 radical (unpaired) electrons. The molecule has 6 nitrogen and oxygen atoms in total. The van der Waals surface area contributed by atoms with Gasteiger partial charge in [0.15, 0.2) is 5.75 Å². The van der Waals surface area contributed by atoms with Crippen LogP contribution >= 0.6 is 0 Å². The van der Waals surface area contributed by atoms with E-state index in [2.05, 4.69) is 20.0 Å². The molecular weight excluding hydrogens is 375 g/mol. The van der Waals surface area contributed by atoms with Crippen molar-refractivity contribution in [2.24, 2.45) is 0 Å². The average Bonchev–Trinajstić information content (AvgIpc) is 2.61. The van der Waals surface area contributed by atoms with Gasteiger partial charge in [0, 0.05) is 11.6 Å². The molecule has 0 atom stereocenters. The van der Waals surface area contributed by atoms with Gasteiger partial charge in [0.2, 0.25) is 5.95 Å². The summed E-state index contributed by atoms with van der Waals surface area (Å²) in [7, 11) is 0. The van der Waals surface area contributed by atoms with E-state index in [9.17, 15) is 18.0 Å². The summed E-state index contributed by atoms with van der Waals surface area (Å²) in [6, 6.07) is 8.60. The number of fused-ring (bicyclic) bond motifs is 1. The normalized spacial score (nSPS) is 11.6. The minimum atomic E-state index is -4.93. The number of halogens is 3. The van der Waals surface area contributed by atoms with Gasteiger partial charge in [0.05, 0.1) is 16.8 Å². The van der Waals surface area contributed by atoms with Gasteiger partial charge >= 0.3 is 12.3 Å². The highest BCUT2D eigenvalue weighted by Gasteiger charge is 2.32. The molecule has 0 aliphatic heterocycles. The van der Waals surface area contributed by atoms with Crippen molar-refractivity contribution >= 4 is 28.5 Å². The fourth-order valence-electron chi connectivity index (χ4n) is 2.70. The van der Waals surface area contributed by atoms with Crippen molar-refractivity contribution < 1.29 is 27.8 Å². The lowest BCUT2D eigenvalue weighted by Gasteiger charge is -2.15. The Morgan fingerprint density at radius 1 is 1.21 bits per heavy atom. The highest BCUT2D eigenvalue weighted by Crippen LogP contribution is 2.33. The van der Waals surface area contributed by atoms with Gasteiger partial charge in [-0.15, -0.1) is 13.2 Å². The summed E-state index contributed by atoms with van der Waals surface area (Å²) in [5.74, 6) is -1.68. The molecular formula is C19H16F3N3O3. The van der Waals surface area contributed by atoms with E-state index in [-0.39, 0.29) is 23.1 Å². The number of para-hydroxylation sites is 1. The van der Waals surface area contributed by atoms with Crippen LogP contribution in [0.5, 0.6) is 5.75 Å². The summed E-state index contributed by atoms with van der Waals surface area (Å²) >= 11 is 0. The maximum atomic E-state index is 12.7. The van der Waals surface area contributed by atoms with Gasteiger partial charge in [-0.2, -0.15) is 0 Å². The first-order chi connectivity index (χ1) is 13.1. The van der Waals surface area contributed by atoms with E-state index in [0.717, 1.165) is 29.1 Å². The van der Waals surface area contributed by atoms with E-state index >= 15 is 0 Å². The van der Waals surface area contributed by atoms with Crippen LogP contribution in [0.2, 0.25) is 0 Å². The average molecular weight is 391 g/mol. The number of hydrogen-bond donors (Lipinski definition) is 2. The predicted molar refractivity (Wildman–Crippen MR) is 97.0 cm³/mol. The van der Waals surface area contributed by atoms with Crippen LogP contribution in [0.4, 0.5) is 24.8 Å². The largest absolute Gasteiger partial charge is 0.573 e. The minimum absolute atomic E-state index is 0.0233. The van der Waals surface area contributed by atoms with Crippen molar-refractivity contribution in [1.82, 2.24) is 9.97 Å². The molecule has 0 aliphatic carbocycles. The summed E-state index contributed by atoms with van der Waals surface area (Å²) in [5, 5.41) is 12.5. The van der Waals surface area contributed by atoms with Crippen LogP contribution in [-0.4, -0.2) is 27.4 Å². The fourth-order valence-corrected chi connectivity index (χ4v) is 2.70. The Bertz CT molecular complexity index is 1040. The summed E-state index contributed by atoms with van der Waals surface area (Å²) in [4.78, 5) is 19.7.